The highest BCUT2D eigenvalue weighted by atomic mass is 16.5. The lowest BCUT2D eigenvalue weighted by Crippen LogP contribution is -2.22. The van der Waals surface area contributed by atoms with Crippen LogP contribution in [0.15, 0.2) is 48.5 Å². The molecule has 3 rings (SSSR count). The van der Waals surface area contributed by atoms with E-state index in [1.54, 1.807) is 36.4 Å². The molecule has 0 aliphatic carbocycles. The molecular weight excluding hydrogens is 332 g/mol. The van der Waals surface area contributed by atoms with Crippen LogP contribution < -0.4 is 15.4 Å². The maximum Gasteiger partial charge on any atom is 0.255 e. The molecular formula is C20H20N2O4. The number of imide groups is 1. The van der Waals surface area contributed by atoms with Crippen LogP contribution in [0.4, 0.5) is 5.69 Å². The van der Waals surface area contributed by atoms with E-state index in [2.05, 4.69) is 10.6 Å². The Hall–Kier alpha value is -3.15. The number of ether oxygens (including phenoxy) is 1. The predicted molar refractivity (Wildman–Crippen MR) is 97.0 cm³/mol. The fourth-order valence-corrected chi connectivity index (χ4v) is 2.85. The summed E-state index contributed by atoms with van der Waals surface area (Å²) in [4.78, 5) is 35.1. The molecule has 3 amide bonds. The van der Waals surface area contributed by atoms with E-state index in [9.17, 15) is 14.4 Å². The van der Waals surface area contributed by atoms with E-state index in [0.717, 1.165) is 11.3 Å². The fraction of sp³-hybridized carbons (Fsp3) is 0.250. The number of carbonyl (C=O) groups is 3. The molecule has 6 heteroatoms. The van der Waals surface area contributed by atoms with Gasteiger partial charge in [0.25, 0.3) is 5.91 Å². The molecule has 2 aromatic rings. The zero-order valence-electron chi connectivity index (χ0n) is 14.5. The highest BCUT2D eigenvalue weighted by Gasteiger charge is 2.30. The van der Waals surface area contributed by atoms with Gasteiger partial charge in [0.15, 0.2) is 0 Å². The van der Waals surface area contributed by atoms with E-state index >= 15 is 0 Å². The molecule has 1 aliphatic rings. The lowest BCUT2D eigenvalue weighted by Gasteiger charge is -2.09. The van der Waals surface area contributed by atoms with Crippen LogP contribution >= 0.6 is 0 Å². The lowest BCUT2D eigenvalue weighted by molar-refractivity contribution is -0.125. The molecule has 134 valence electrons. The minimum Gasteiger partial charge on any atom is -0.494 e. The van der Waals surface area contributed by atoms with Gasteiger partial charge in [-0.25, -0.2) is 0 Å². The first-order chi connectivity index (χ1) is 12.5. The van der Waals surface area contributed by atoms with Gasteiger partial charge >= 0.3 is 0 Å². The molecule has 26 heavy (non-hydrogen) atoms. The second-order valence-corrected chi connectivity index (χ2v) is 6.13. The second kappa shape index (κ2) is 7.82. The Bertz CT molecular complexity index is 813. The van der Waals surface area contributed by atoms with Crippen LogP contribution in [0, 0.1) is 5.92 Å². The van der Waals surface area contributed by atoms with Gasteiger partial charge in [-0.15, -0.1) is 0 Å². The number of hydrogen-bond acceptors (Lipinski definition) is 4. The van der Waals surface area contributed by atoms with Crippen LogP contribution in [-0.2, 0) is 16.0 Å². The summed E-state index contributed by atoms with van der Waals surface area (Å²) >= 11 is 0. The summed E-state index contributed by atoms with van der Waals surface area (Å²) in [5.41, 5.74) is 2.15. The number of carbonyl (C=O) groups excluding carboxylic acids is 3. The molecule has 1 atom stereocenters. The number of hydrogen-bond donors (Lipinski definition) is 2. The topological polar surface area (TPSA) is 84.5 Å². The summed E-state index contributed by atoms with van der Waals surface area (Å²) in [6, 6.07) is 14.2. The van der Waals surface area contributed by atoms with E-state index < -0.39 is 0 Å². The number of nitrogens with one attached hydrogen (secondary N) is 2. The predicted octanol–water partition coefficient (Wildman–Crippen LogP) is 2.54. The molecule has 0 radical (unpaired) electrons. The molecule has 0 spiro atoms. The Balaban J connectivity index is 1.59. The number of benzene rings is 2. The van der Waals surface area contributed by atoms with Crippen LogP contribution in [0.5, 0.6) is 5.75 Å². The van der Waals surface area contributed by atoms with Crippen molar-refractivity contribution in [3.63, 3.8) is 0 Å². The molecule has 0 unspecified atom stereocenters. The summed E-state index contributed by atoms with van der Waals surface area (Å²) in [6.45, 7) is 2.48. The van der Waals surface area contributed by atoms with Crippen molar-refractivity contribution in [2.45, 2.75) is 19.8 Å². The van der Waals surface area contributed by atoms with Crippen molar-refractivity contribution in [2.75, 3.05) is 11.9 Å². The molecule has 6 nitrogen and oxygen atoms in total. The Morgan fingerprint density at radius 2 is 1.81 bits per heavy atom. The molecule has 1 heterocycles. The van der Waals surface area contributed by atoms with Gasteiger partial charge in [0.1, 0.15) is 5.75 Å². The summed E-state index contributed by atoms with van der Waals surface area (Å²) < 4.78 is 5.36. The van der Waals surface area contributed by atoms with Gasteiger partial charge in [-0.1, -0.05) is 12.1 Å². The summed E-state index contributed by atoms with van der Waals surface area (Å²) in [5, 5.41) is 5.14. The number of rotatable bonds is 6. The Morgan fingerprint density at radius 1 is 1.12 bits per heavy atom. The summed E-state index contributed by atoms with van der Waals surface area (Å²) in [5.74, 6) is -0.238. The molecule has 0 saturated carbocycles. The van der Waals surface area contributed by atoms with Crippen LogP contribution in [0.25, 0.3) is 0 Å². The van der Waals surface area contributed by atoms with Gasteiger partial charge in [0.2, 0.25) is 11.8 Å². The van der Waals surface area contributed by atoms with Crippen LogP contribution in [0.1, 0.15) is 29.3 Å². The molecule has 1 aliphatic heterocycles. The third-order valence-corrected chi connectivity index (χ3v) is 4.19. The molecule has 1 fully saturated rings. The van der Waals surface area contributed by atoms with Gasteiger partial charge in [-0.2, -0.15) is 0 Å². The van der Waals surface area contributed by atoms with Crippen molar-refractivity contribution in [3.05, 3.63) is 59.7 Å². The maximum absolute atomic E-state index is 12.3. The Morgan fingerprint density at radius 3 is 2.38 bits per heavy atom. The van der Waals surface area contributed by atoms with E-state index in [4.69, 9.17) is 4.74 Å². The third-order valence-electron chi connectivity index (χ3n) is 4.19. The van der Waals surface area contributed by atoms with Crippen molar-refractivity contribution >= 4 is 23.4 Å². The van der Waals surface area contributed by atoms with Crippen LogP contribution in [0.2, 0.25) is 0 Å². The fourth-order valence-electron chi connectivity index (χ4n) is 2.85. The maximum atomic E-state index is 12.3. The van der Waals surface area contributed by atoms with Crippen molar-refractivity contribution in [3.8, 4) is 5.75 Å². The average molecular weight is 352 g/mol. The van der Waals surface area contributed by atoms with E-state index in [0.29, 0.717) is 24.3 Å². The van der Waals surface area contributed by atoms with Crippen LogP contribution in [-0.4, -0.2) is 24.3 Å². The van der Waals surface area contributed by atoms with Crippen molar-refractivity contribution in [1.29, 1.82) is 0 Å². The monoisotopic (exact) mass is 352 g/mol. The molecule has 2 N–H and O–H groups in total. The largest absolute Gasteiger partial charge is 0.494 e. The number of amides is 3. The van der Waals surface area contributed by atoms with Crippen molar-refractivity contribution in [1.82, 2.24) is 5.32 Å². The van der Waals surface area contributed by atoms with Crippen molar-refractivity contribution in [2.24, 2.45) is 5.92 Å². The zero-order chi connectivity index (χ0) is 18.5. The van der Waals surface area contributed by atoms with Gasteiger partial charge in [0, 0.05) is 17.7 Å². The molecule has 0 aromatic heterocycles. The first-order valence-electron chi connectivity index (χ1n) is 8.52. The standard InChI is InChI=1S/C20H20N2O4/c1-2-26-17-9-5-14(6-10-17)19(24)21-16-7-3-13(4-8-16)11-15-12-18(23)22-20(15)25/h3-10,15H,2,11-12H2,1H3,(H,21,24)(H,22,23,25)/t15-/m0/s1. The SMILES string of the molecule is CCOc1ccc(C(=O)Nc2ccc(C[C@H]3CC(=O)NC3=O)cc2)cc1. The Labute approximate surface area is 151 Å². The quantitative estimate of drug-likeness (QED) is 0.783. The number of anilines is 1. The van der Waals surface area contributed by atoms with Gasteiger partial charge in [-0.3, -0.25) is 19.7 Å². The molecule has 1 saturated heterocycles. The normalized spacial score (nSPS) is 16.3. The first kappa shape index (κ1) is 17.7. The minimum atomic E-state index is -0.313. The first-order valence-corrected chi connectivity index (χ1v) is 8.52. The zero-order valence-corrected chi connectivity index (χ0v) is 14.5. The minimum absolute atomic E-state index is 0.207. The van der Waals surface area contributed by atoms with E-state index in [-0.39, 0.29) is 30.1 Å². The average Bonchev–Trinajstić information content (AvgIpc) is 2.94. The third kappa shape index (κ3) is 4.27. The highest BCUT2D eigenvalue weighted by Crippen LogP contribution is 2.19. The van der Waals surface area contributed by atoms with Gasteiger partial charge < -0.3 is 10.1 Å². The van der Waals surface area contributed by atoms with E-state index in [1.165, 1.54) is 0 Å². The second-order valence-electron chi connectivity index (χ2n) is 6.13. The van der Waals surface area contributed by atoms with Crippen LogP contribution in [0.3, 0.4) is 0 Å². The Kier molecular flexibility index (Phi) is 5.31. The molecule has 2 aromatic carbocycles. The van der Waals surface area contributed by atoms with Gasteiger partial charge in [-0.05, 0) is 55.3 Å². The highest BCUT2D eigenvalue weighted by molar-refractivity contribution is 6.04. The van der Waals surface area contributed by atoms with Gasteiger partial charge in [0.05, 0.1) is 12.5 Å². The van der Waals surface area contributed by atoms with Crippen molar-refractivity contribution < 1.29 is 19.1 Å². The van der Waals surface area contributed by atoms with E-state index in [1.807, 2.05) is 19.1 Å². The summed E-state index contributed by atoms with van der Waals surface area (Å²) in [6.07, 6.45) is 0.736. The summed E-state index contributed by atoms with van der Waals surface area (Å²) in [7, 11) is 0. The smallest absolute Gasteiger partial charge is 0.255 e. The molecule has 0 bridgehead atoms. The lowest BCUT2D eigenvalue weighted by atomic mass is 9.98.